The molecule has 2 atom stereocenters. The van der Waals surface area contributed by atoms with E-state index in [1.165, 1.54) is 0 Å². The van der Waals surface area contributed by atoms with Crippen molar-refractivity contribution in [3.05, 3.63) is 29.3 Å². The predicted molar refractivity (Wildman–Crippen MR) is 77.5 cm³/mol. The van der Waals surface area contributed by atoms with Crippen LogP contribution in [0.15, 0.2) is 24.3 Å². The van der Waals surface area contributed by atoms with E-state index in [2.05, 4.69) is 0 Å². The summed E-state index contributed by atoms with van der Waals surface area (Å²) in [4.78, 5) is 14.1. The molecular formula is C15H20ClNO2. The quantitative estimate of drug-likeness (QED) is 0.919. The van der Waals surface area contributed by atoms with Crippen LogP contribution in [0.4, 0.5) is 5.69 Å². The molecule has 0 aromatic heterocycles. The van der Waals surface area contributed by atoms with Crippen LogP contribution in [0.1, 0.15) is 39.0 Å². The van der Waals surface area contributed by atoms with Gasteiger partial charge in [-0.3, -0.25) is 4.79 Å². The first-order valence-electron chi connectivity index (χ1n) is 6.89. The zero-order valence-corrected chi connectivity index (χ0v) is 11.9. The molecule has 4 heteroatoms. The highest BCUT2D eigenvalue weighted by Gasteiger charge is 2.34. The third-order valence-electron chi connectivity index (χ3n) is 3.61. The Morgan fingerprint density at radius 1 is 1.37 bits per heavy atom. The smallest absolute Gasteiger partial charge is 0.227 e. The first-order valence-corrected chi connectivity index (χ1v) is 7.27. The highest BCUT2D eigenvalue weighted by Crippen LogP contribution is 2.30. The molecule has 2 unspecified atom stereocenters. The lowest BCUT2D eigenvalue weighted by Gasteiger charge is -2.31. The molecule has 19 heavy (non-hydrogen) atoms. The lowest BCUT2D eigenvalue weighted by atomic mass is 10.1. The predicted octanol–water partition coefficient (Wildman–Crippen LogP) is 3.39. The number of carbonyl (C=O) groups is 1. The topological polar surface area (TPSA) is 40.5 Å². The van der Waals surface area contributed by atoms with Crippen molar-refractivity contribution in [1.29, 1.82) is 0 Å². The maximum Gasteiger partial charge on any atom is 0.227 e. The normalized spacial score (nSPS) is 22.5. The third kappa shape index (κ3) is 3.28. The number of nitrogens with zero attached hydrogens (tertiary/aromatic N) is 1. The lowest BCUT2D eigenvalue weighted by molar-refractivity contribution is -0.119. The van der Waals surface area contributed by atoms with Gasteiger partial charge in [0.1, 0.15) is 0 Å². The molecule has 0 saturated heterocycles. The molecular weight excluding hydrogens is 262 g/mol. The van der Waals surface area contributed by atoms with E-state index in [4.69, 9.17) is 11.6 Å². The van der Waals surface area contributed by atoms with Gasteiger partial charge in [-0.2, -0.15) is 0 Å². The second-order valence-electron chi connectivity index (χ2n) is 5.06. The van der Waals surface area contributed by atoms with E-state index in [1.54, 1.807) is 17.0 Å². The minimum Gasteiger partial charge on any atom is -0.391 e. The second kappa shape index (κ2) is 6.40. The first kappa shape index (κ1) is 14.4. The second-order valence-corrected chi connectivity index (χ2v) is 5.49. The van der Waals surface area contributed by atoms with Crippen LogP contribution in [-0.4, -0.2) is 23.2 Å². The number of aliphatic hydroxyl groups is 1. The van der Waals surface area contributed by atoms with Crippen molar-refractivity contribution in [3.8, 4) is 0 Å². The van der Waals surface area contributed by atoms with Gasteiger partial charge in [-0.15, -0.1) is 0 Å². The largest absolute Gasteiger partial charge is 0.391 e. The Balaban J connectivity index is 2.28. The molecule has 2 rings (SSSR count). The molecule has 0 aliphatic heterocycles. The molecule has 1 aliphatic rings. The summed E-state index contributed by atoms with van der Waals surface area (Å²) in [7, 11) is 0. The van der Waals surface area contributed by atoms with Gasteiger partial charge in [0.25, 0.3) is 0 Å². The Morgan fingerprint density at radius 3 is 2.58 bits per heavy atom. The van der Waals surface area contributed by atoms with Crippen molar-refractivity contribution in [2.75, 3.05) is 4.90 Å². The molecule has 0 heterocycles. The molecule has 104 valence electrons. The number of hydrogen-bond acceptors (Lipinski definition) is 2. The number of hydrogen-bond donors (Lipinski definition) is 1. The van der Waals surface area contributed by atoms with E-state index >= 15 is 0 Å². The number of benzene rings is 1. The van der Waals surface area contributed by atoms with Crippen molar-refractivity contribution < 1.29 is 9.90 Å². The fourth-order valence-electron chi connectivity index (χ4n) is 2.68. The van der Waals surface area contributed by atoms with Gasteiger partial charge in [-0.1, -0.05) is 18.5 Å². The number of aliphatic hydroxyl groups excluding tert-OH is 1. The van der Waals surface area contributed by atoms with E-state index in [1.807, 2.05) is 19.1 Å². The highest BCUT2D eigenvalue weighted by molar-refractivity contribution is 6.30. The molecule has 3 nitrogen and oxygen atoms in total. The fourth-order valence-corrected chi connectivity index (χ4v) is 2.80. The van der Waals surface area contributed by atoms with Crippen LogP contribution in [0.2, 0.25) is 5.02 Å². The van der Waals surface area contributed by atoms with Crippen LogP contribution in [-0.2, 0) is 4.79 Å². The van der Waals surface area contributed by atoms with E-state index in [0.717, 1.165) is 31.4 Å². The summed E-state index contributed by atoms with van der Waals surface area (Å²) < 4.78 is 0. The molecule has 0 radical (unpaired) electrons. The maximum absolute atomic E-state index is 12.3. The fraction of sp³-hybridized carbons (Fsp3) is 0.533. The van der Waals surface area contributed by atoms with Gasteiger partial charge in [0.05, 0.1) is 12.1 Å². The molecule has 1 saturated carbocycles. The monoisotopic (exact) mass is 281 g/mol. The molecule has 0 bridgehead atoms. The number of anilines is 1. The van der Waals surface area contributed by atoms with Gasteiger partial charge in [-0.05, 0) is 49.9 Å². The number of amides is 1. The molecule has 1 aliphatic carbocycles. The van der Waals surface area contributed by atoms with Crippen LogP contribution in [0.25, 0.3) is 0 Å². The van der Waals surface area contributed by atoms with Gasteiger partial charge < -0.3 is 10.0 Å². The Morgan fingerprint density at radius 2 is 2.05 bits per heavy atom. The highest BCUT2D eigenvalue weighted by atomic mass is 35.5. The van der Waals surface area contributed by atoms with Crippen LogP contribution in [0, 0.1) is 0 Å². The summed E-state index contributed by atoms with van der Waals surface area (Å²) in [5.41, 5.74) is 0.828. The van der Waals surface area contributed by atoms with E-state index < -0.39 is 6.10 Å². The van der Waals surface area contributed by atoms with Crippen molar-refractivity contribution in [2.45, 2.75) is 51.2 Å². The van der Waals surface area contributed by atoms with Crippen molar-refractivity contribution >= 4 is 23.2 Å². The minimum absolute atomic E-state index is 0.0794. The third-order valence-corrected chi connectivity index (χ3v) is 3.86. The van der Waals surface area contributed by atoms with Gasteiger partial charge in [-0.25, -0.2) is 0 Å². The van der Waals surface area contributed by atoms with Gasteiger partial charge in [0.2, 0.25) is 5.91 Å². The van der Waals surface area contributed by atoms with Crippen molar-refractivity contribution in [1.82, 2.24) is 0 Å². The van der Waals surface area contributed by atoms with E-state index in [-0.39, 0.29) is 11.9 Å². The summed E-state index contributed by atoms with van der Waals surface area (Å²) in [6, 6.07) is 7.16. The first-order chi connectivity index (χ1) is 9.13. The van der Waals surface area contributed by atoms with Gasteiger partial charge >= 0.3 is 0 Å². The van der Waals surface area contributed by atoms with Crippen molar-refractivity contribution in [2.24, 2.45) is 0 Å². The van der Waals surface area contributed by atoms with Crippen molar-refractivity contribution in [3.63, 3.8) is 0 Å². The molecule has 1 aromatic carbocycles. The van der Waals surface area contributed by atoms with Crippen LogP contribution in [0.5, 0.6) is 0 Å². The zero-order valence-electron chi connectivity index (χ0n) is 11.2. The van der Waals surface area contributed by atoms with Crippen LogP contribution >= 0.6 is 11.6 Å². The molecule has 1 aromatic rings. The Labute approximate surface area is 119 Å². The van der Waals surface area contributed by atoms with E-state index in [9.17, 15) is 9.90 Å². The molecule has 0 spiro atoms. The Bertz CT molecular complexity index is 432. The summed E-state index contributed by atoms with van der Waals surface area (Å²) in [5, 5.41) is 10.7. The minimum atomic E-state index is -0.420. The molecule has 1 fully saturated rings. The molecule has 1 amide bonds. The summed E-state index contributed by atoms with van der Waals surface area (Å²) >= 11 is 5.89. The van der Waals surface area contributed by atoms with E-state index in [0.29, 0.717) is 11.4 Å². The summed E-state index contributed by atoms with van der Waals surface area (Å²) in [5.74, 6) is 0.0794. The number of rotatable bonds is 4. The lowest BCUT2D eigenvalue weighted by Crippen LogP contribution is -2.44. The van der Waals surface area contributed by atoms with Gasteiger partial charge in [0.15, 0.2) is 0 Å². The SMILES string of the molecule is CCCC(=O)N(c1ccc(Cl)cc1)C1CCCC1O. The Hall–Kier alpha value is -1.06. The number of halogens is 1. The van der Waals surface area contributed by atoms with Crippen LogP contribution in [0.3, 0.4) is 0 Å². The zero-order chi connectivity index (χ0) is 13.8. The average molecular weight is 282 g/mol. The van der Waals surface area contributed by atoms with Crippen LogP contribution < -0.4 is 4.90 Å². The standard InChI is InChI=1S/C15H20ClNO2/c1-2-4-15(19)17(13-5-3-6-14(13)18)12-9-7-11(16)8-10-12/h7-10,13-14,18H,2-6H2,1H3. The summed E-state index contributed by atoms with van der Waals surface area (Å²) in [6.07, 6.45) is 3.50. The average Bonchev–Trinajstić information content (AvgIpc) is 2.79. The number of carbonyl (C=O) groups excluding carboxylic acids is 1. The van der Waals surface area contributed by atoms with Gasteiger partial charge in [0, 0.05) is 17.1 Å². The maximum atomic E-state index is 12.3. The summed E-state index contributed by atoms with van der Waals surface area (Å²) in [6.45, 7) is 1.99. The molecule has 1 N–H and O–H groups in total. The Kier molecular flexibility index (Phi) is 4.83.